The lowest BCUT2D eigenvalue weighted by atomic mass is 9.85. The van der Waals surface area contributed by atoms with Crippen molar-refractivity contribution in [2.45, 2.75) is 19.3 Å². The van der Waals surface area contributed by atoms with Crippen LogP contribution in [0.25, 0.3) is 0 Å². The van der Waals surface area contributed by atoms with Gasteiger partial charge in [-0.2, -0.15) is 0 Å². The highest BCUT2D eigenvalue weighted by Crippen LogP contribution is 2.67. The molecule has 2 aliphatic carbocycles. The molecule has 1 amide bonds. The van der Waals surface area contributed by atoms with Gasteiger partial charge in [-0.1, -0.05) is 0 Å². The number of amides is 1. The maximum Gasteiger partial charge on any atom is 0.233 e. The molecule has 0 aromatic rings. The molecule has 0 radical (unpaired) electrons. The average Bonchev–Trinajstić information content (AvgIpc) is 2.51. The minimum absolute atomic E-state index is 0.0167. The summed E-state index contributed by atoms with van der Waals surface area (Å²) in [6, 6.07) is 0. The molecule has 0 unspecified atom stereocenters. The summed E-state index contributed by atoms with van der Waals surface area (Å²) in [4.78, 5) is 10.8. The van der Waals surface area contributed by atoms with E-state index in [-0.39, 0.29) is 12.5 Å². The van der Waals surface area contributed by atoms with Crippen LogP contribution in [0.5, 0.6) is 0 Å². The number of rotatable bonds is 3. The molecule has 3 heteroatoms. The van der Waals surface area contributed by atoms with Gasteiger partial charge in [-0.25, -0.2) is 0 Å². The first-order chi connectivity index (χ1) is 5.27. The van der Waals surface area contributed by atoms with Crippen LogP contribution in [0.1, 0.15) is 19.3 Å². The lowest BCUT2D eigenvalue weighted by Crippen LogP contribution is -2.37. The molecule has 11 heavy (non-hydrogen) atoms. The smallest absolute Gasteiger partial charge is 0.233 e. The van der Waals surface area contributed by atoms with Gasteiger partial charge in [0.15, 0.2) is 0 Å². The first-order valence-electron chi connectivity index (χ1n) is 4.24. The first-order valence-corrected chi connectivity index (χ1v) is 4.24. The van der Waals surface area contributed by atoms with Crippen molar-refractivity contribution >= 4 is 5.91 Å². The Hall–Kier alpha value is -0.570. The Bertz CT molecular complexity index is 189. The van der Waals surface area contributed by atoms with E-state index in [2.05, 4.69) is 5.32 Å². The summed E-state index contributed by atoms with van der Waals surface area (Å²) in [7, 11) is 0. The van der Waals surface area contributed by atoms with Crippen LogP contribution >= 0.6 is 0 Å². The summed E-state index contributed by atoms with van der Waals surface area (Å²) in [5, 5.41) is 2.85. The zero-order valence-electron chi connectivity index (χ0n) is 6.60. The molecule has 2 aliphatic rings. The molecule has 3 nitrogen and oxygen atoms in total. The van der Waals surface area contributed by atoms with E-state index in [9.17, 15) is 4.79 Å². The van der Waals surface area contributed by atoms with Crippen molar-refractivity contribution in [2.75, 3.05) is 13.1 Å². The second kappa shape index (κ2) is 2.21. The molecule has 0 spiro atoms. The standard InChI is InChI=1S/C8H14N2O/c9-4-7(11)10-5-8-2-1-6(8)3-8/h6H,1-5,9H2,(H,10,11)/t6-,8+/m0/s1. The van der Waals surface area contributed by atoms with Crippen molar-refractivity contribution in [3.8, 4) is 0 Å². The van der Waals surface area contributed by atoms with Crippen molar-refractivity contribution in [2.24, 2.45) is 17.1 Å². The zero-order valence-corrected chi connectivity index (χ0v) is 6.60. The van der Waals surface area contributed by atoms with Crippen LogP contribution in [-0.2, 0) is 4.79 Å². The van der Waals surface area contributed by atoms with Gasteiger partial charge in [0, 0.05) is 6.54 Å². The van der Waals surface area contributed by atoms with Crippen molar-refractivity contribution in [1.29, 1.82) is 0 Å². The first kappa shape index (κ1) is 7.10. The molecule has 0 saturated heterocycles. The minimum atomic E-state index is -0.0167. The maximum atomic E-state index is 10.8. The molecule has 0 aromatic carbocycles. The molecule has 0 aliphatic heterocycles. The largest absolute Gasteiger partial charge is 0.354 e. The second-order valence-electron chi connectivity index (χ2n) is 3.78. The molecular formula is C8H14N2O. The summed E-state index contributed by atoms with van der Waals surface area (Å²) < 4.78 is 0. The SMILES string of the molecule is NCC(=O)NC[C@]12CC[C@H]1C2. The summed E-state index contributed by atoms with van der Waals surface area (Å²) in [5.74, 6) is 0.914. The molecule has 2 fully saturated rings. The van der Waals surface area contributed by atoms with Crippen molar-refractivity contribution in [1.82, 2.24) is 5.32 Å². The Kier molecular flexibility index (Phi) is 1.42. The van der Waals surface area contributed by atoms with Gasteiger partial charge in [-0.15, -0.1) is 0 Å². The highest BCUT2D eigenvalue weighted by atomic mass is 16.1. The topological polar surface area (TPSA) is 55.1 Å². The molecular weight excluding hydrogens is 140 g/mol. The summed E-state index contributed by atoms with van der Waals surface area (Å²) in [6.07, 6.45) is 4.01. The Labute approximate surface area is 66.3 Å². The van der Waals surface area contributed by atoms with Gasteiger partial charge in [0.1, 0.15) is 0 Å². The predicted molar refractivity (Wildman–Crippen MR) is 41.8 cm³/mol. The third-order valence-electron chi connectivity index (χ3n) is 3.17. The van der Waals surface area contributed by atoms with Crippen LogP contribution in [0.4, 0.5) is 0 Å². The van der Waals surface area contributed by atoms with E-state index >= 15 is 0 Å². The number of nitrogens with two attached hydrogens (primary N) is 1. The van der Waals surface area contributed by atoms with Gasteiger partial charge in [0.25, 0.3) is 0 Å². The van der Waals surface area contributed by atoms with Gasteiger partial charge in [-0.3, -0.25) is 4.79 Å². The molecule has 2 saturated carbocycles. The lowest BCUT2D eigenvalue weighted by Gasteiger charge is -2.25. The maximum absolute atomic E-state index is 10.8. The van der Waals surface area contributed by atoms with Crippen molar-refractivity contribution in [3.05, 3.63) is 0 Å². The van der Waals surface area contributed by atoms with E-state index in [4.69, 9.17) is 5.73 Å². The highest BCUT2D eigenvalue weighted by molar-refractivity contribution is 5.77. The number of carbonyl (C=O) groups excluding carboxylic acids is 1. The molecule has 62 valence electrons. The van der Waals surface area contributed by atoms with E-state index in [1.807, 2.05) is 0 Å². The third-order valence-corrected chi connectivity index (χ3v) is 3.17. The number of hydrogen-bond donors (Lipinski definition) is 2. The molecule has 0 aromatic heterocycles. The summed E-state index contributed by atoms with van der Waals surface area (Å²) in [5.41, 5.74) is 5.69. The van der Waals surface area contributed by atoms with Crippen LogP contribution in [0, 0.1) is 11.3 Å². The van der Waals surface area contributed by atoms with Crippen LogP contribution < -0.4 is 11.1 Å². The van der Waals surface area contributed by atoms with E-state index in [0.717, 1.165) is 12.5 Å². The van der Waals surface area contributed by atoms with Gasteiger partial charge in [0.05, 0.1) is 6.54 Å². The van der Waals surface area contributed by atoms with Gasteiger partial charge in [-0.05, 0) is 30.6 Å². The van der Waals surface area contributed by atoms with Gasteiger partial charge < -0.3 is 11.1 Å². The molecule has 0 heterocycles. The minimum Gasteiger partial charge on any atom is -0.354 e. The van der Waals surface area contributed by atoms with Crippen LogP contribution in [0.15, 0.2) is 0 Å². The summed E-state index contributed by atoms with van der Waals surface area (Å²) in [6.45, 7) is 0.994. The highest BCUT2D eigenvalue weighted by Gasteiger charge is 2.60. The van der Waals surface area contributed by atoms with Crippen LogP contribution in [-0.4, -0.2) is 19.0 Å². The molecule has 3 N–H and O–H groups in total. The lowest BCUT2D eigenvalue weighted by molar-refractivity contribution is -0.120. The Balaban J connectivity index is 1.71. The van der Waals surface area contributed by atoms with Crippen molar-refractivity contribution < 1.29 is 4.79 Å². The van der Waals surface area contributed by atoms with Crippen LogP contribution in [0.2, 0.25) is 0 Å². The average molecular weight is 154 g/mol. The predicted octanol–water partition coefficient (Wildman–Crippen LogP) is -0.139. The Morgan fingerprint density at radius 3 is 2.91 bits per heavy atom. The number of fused-ring (bicyclic) bond motifs is 1. The Morgan fingerprint density at radius 2 is 2.55 bits per heavy atom. The fourth-order valence-corrected chi connectivity index (χ4v) is 2.04. The summed E-state index contributed by atoms with van der Waals surface area (Å²) >= 11 is 0. The molecule has 2 atom stereocenters. The number of hydrogen-bond acceptors (Lipinski definition) is 2. The zero-order chi connectivity index (χ0) is 7.90. The van der Waals surface area contributed by atoms with Gasteiger partial charge in [0.2, 0.25) is 5.91 Å². The quantitative estimate of drug-likeness (QED) is 0.594. The van der Waals surface area contributed by atoms with E-state index in [1.54, 1.807) is 0 Å². The van der Waals surface area contributed by atoms with Gasteiger partial charge >= 0.3 is 0 Å². The fraction of sp³-hybridized carbons (Fsp3) is 0.875. The molecule has 0 bridgehead atoms. The molecule has 2 rings (SSSR count). The fourth-order valence-electron chi connectivity index (χ4n) is 2.04. The van der Waals surface area contributed by atoms with E-state index in [0.29, 0.717) is 5.41 Å². The Morgan fingerprint density at radius 1 is 1.73 bits per heavy atom. The number of nitrogens with one attached hydrogen (secondary N) is 1. The van der Waals surface area contributed by atoms with E-state index < -0.39 is 0 Å². The second-order valence-corrected chi connectivity index (χ2v) is 3.78. The van der Waals surface area contributed by atoms with Crippen molar-refractivity contribution in [3.63, 3.8) is 0 Å². The third kappa shape index (κ3) is 1.03. The van der Waals surface area contributed by atoms with Crippen LogP contribution in [0.3, 0.4) is 0 Å². The number of carbonyl (C=O) groups is 1. The normalized spacial score (nSPS) is 38.8. The van der Waals surface area contributed by atoms with E-state index in [1.165, 1.54) is 19.3 Å². The monoisotopic (exact) mass is 154 g/mol.